The molecule has 0 bridgehead atoms. The Morgan fingerprint density at radius 1 is 1.30 bits per heavy atom. The number of carbonyl (C=O) groups excluding carboxylic acids is 1. The normalized spacial score (nSPS) is 10.4. The van der Waals surface area contributed by atoms with Crippen LogP contribution in [0, 0.1) is 0 Å². The fraction of sp³-hybridized carbons (Fsp3) is 0.250. The van der Waals surface area contributed by atoms with Crippen LogP contribution >= 0.6 is 0 Å². The number of aliphatic hydroxyl groups excluding tert-OH is 2. The van der Waals surface area contributed by atoms with E-state index >= 15 is 0 Å². The van der Waals surface area contributed by atoms with Crippen LogP contribution in [0.4, 0.5) is 0 Å². The Balaban J connectivity index is 2.18. The fourth-order valence-electron chi connectivity index (χ4n) is 2.11. The number of nitrogens with one attached hydrogen (secondary N) is 1. The van der Waals surface area contributed by atoms with E-state index in [1.54, 1.807) is 24.3 Å². The lowest BCUT2D eigenvalue weighted by Gasteiger charge is -2.13. The highest BCUT2D eigenvalue weighted by Gasteiger charge is 2.15. The van der Waals surface area contributed by atoms with Crippen LogP contribution in [0.3, 0.4) is 0 Å². The SMILES string of the molecule is COc1cccc(C(=O)NCc2c(CO)cnc(CO)c2O)c1. The molecule has 0 unspecified atom stereocenters. The third-order valence-electron chi connectivity index (χ3n) is 3.40. The van der Waals surface area contributed by atoms with Crippen LogP contribution in [0.5, 0.6) is 11.5 Å². The predicted octanol–water partition coefficient (Wildman–Crippen LogP) is 0.710. The van der Waals surface area contributed by atoms with Gasteiger partial charge in [0, 0.05) is 29.4 Å². The van der Waals surface area contributed by atoms with Gasteiger partial charge in [-0.15, -0.1) is 0 Å². The number of aliphatic hydroxyl groups is 2. The molecule has 1 heterocycles. The fourth-order valence-corrected chi connectivity index (χ4v) is 2.11. The molecule has 0 fully saturated rings. The second-order valence-corrected chi connectivity index (χ2v) is 4.79. The highest BCUT2D eigenvalue weighted by molar-refractivity contribution is 5.94. The molecule has 23 heavy (non-hydrogen) atoms. The zero-order valence-electron chi connectivity index (χ0n) is 12.6. The molecular formula is C16H18N2O5. The second-order valence-electron chi connectivity index (χ2n) is 4.79. The maximum atomic E-state index is 12.2. The number of hydrogen-bond donors (Lipinski definition) is 4. The number of methoxy groups -OCH3 is 1. The number of aromatic nitrogens is 1. The summed E-state index contributed by atoms with van der Waals surface area (Å²) in [6.07, 6.45) is 1.36. The molecule has 0 spiro atoms. The van der Waals surface area contributed by atoms with Gasteiger partial charge in [0.1, 0.15) is 17.2 Å². The molecule has 2 rings (SSSR count). The van der Waals surface area contributed by atoms with Crippen molar-refractivity contribution < 1.29 is 24.9 Å². The summed E-state index contributed by atoms with van der Waals surface area (Å²) in [5, 5.41) is 31.2. The van der Waals surface area contributed by atoms with Gasteiger partial charge in [-0.3, -0.25) is 9.78 Å². The van der Waals surface area contributed by atoms with Gasteiger partial charge in [0.05, 0.1) is 20.3 Å². The molecule has 1 aromatic heterocycles. The lowest BCUT2D eigenvalue weighted by atomic mass is 10.1. The summed E-state index contributed by atoms with van der Waals surface area (Å²) in [6, 6.07) is 6.65. The monoisotopic (exact) mass is 318 g/mol. The zero-order chi connectivity index (χ0) is 16.8. The van der Waals surface area contributed by atoms with Crippen molar-refractivity contribution in [2.45, 2.75) is 19.8 Å². The molecule has 0 radical (unpaired) electrons. The molecule has 0 saturated carbocycles. The molecule has 0 atom stereocenters. The Morgan fingerprint density at radius 3 is 2.74 bits per heavy atom. The largest absolute Gasteiger partial charge is 0.506 e. The van der Waals surface area contributed by atoms with Crippen molar-refractivity contribution in [2.24, 2.45) is 0 Å². The van der Waals surface area contributed by atoms with Crippen LogP contribution in [-0.2, 0) is 19.8 Å². The minimum Gasteiger partial charge on any atom is -0.506 e. The number of nitrogens with zero attached hydrogens (tertiary/aromatic N) is 1. The molecular weight excluding hydrogens is 300 g/mol. The van der Waals surface area contributed by atoms with Crippen molar-refractivity contribution in [2.75, 3.05) is 7.11 Å². The molecule has 1 amide bonds. The first-order valence-electron chi connectivity index (χ1n) is 6.93. The first-order chi connectivity index (χ1) is 11.1. The average Bonchev–Trinajstić information content (AvgIpc) is 2.60. The summed E-state index contributed by atoms with van der Waals surface area (Å²) >= 11 is 0. The van der Waals surface area contributed by atoms with Crippen LogP contribution in [0.15, 0.2) is 30.5 Å². The van der Waals surface area contributed by atoms with Gasteiger partial charge in [-0.05, 0) is 18.2 Å². The third-order valence-corrected chi connectivity index (χ3v) is 3.40. The van der Waals surface area contributed by atoms with Gasteiger partial charge in [0.25, 0.3) is 5.91 Å². The minimum absolute atomic E-state index is 0.00666. The number of amides is 1. The number of aromatic hydroxyl groups is 1. The van der Waals surface area contributed by atoms with Crippen molar-refractivity contribution in [1.29, 1.82) is 0 Å². The van der Waals surface area contributed by atoms with E-state index in [1.165, 1.54) is 13.3 Å². The summed E-state index contributed by atoms with van der Waals surface area (Å²) in [6.45, 7) is -0.779. The van der Waals surface area contributed by atoms with Gasteiger partial charge >= 0.3 is 0 Å². The molecule has 4 N–H and O–H groups in total. The van der Waals surface area contributed by atoms with E-state index in [9.17, 15) is 15.0 Å². The number of hydrogen-bond acceptors (Lipinski definition) is 6. The standard InChI is InChI=1S/C16H18N2O5/c1-23-12-4-2-3-10(5-12)16(22)18-7-13-11(8-19)6-17-14(9-20)15(13)21/h2-6,19-21H,7-9H2,1H3,(H,18,22). The lowest BCUT2D eigenvalue weighted by Crippen LogP contribution is -2.23. The minimum atomic E-state index is -0.436. The number of pyridine rings is 1. The Hall–Kier alpha value is -2.64. The van der Waals surface area contributed by atoms with Crippen LogP contribution in [0.2, 0.25) is 0 Å². The van der Waals surface area contributed by atoms with Gasteiger partial charge in [-0.1, -0.05) is 6.07 Å². The van der Waals surface area contributed by atoms with E-state index in [2.05, 4.69) is 10.3 Å². The van der Waals surface area contributed by atoms with Crippen molar-refractivity contribution in [1.82, 2.24) is 10.3 Å². The Kier molecular flexibility index (Phi) is 5.51. The molecule has 7 heteroatoms. The second kappa shape index (κ2) is 7.57. The predicted molar refractivity (Wildman–Crippen MR) is 81.9 cm³/mol. The molecule has 0 aliphatic heterocycles. The summed E-state index contributed by atoms with van der Waals surface area (Å²) < 4.78 is 5.06. The van der Waals surface area contributed by atoms with Crippen LogP contribution in [0.25, 0.3) is 0 Å². The highest BCUT2D eigenvalue weighted by atomic mass is 16.5. The number of rotatable bonds is 6. The van der Waals surface area contributed by atoms with E-state index < -0.39 is 6.61 Å². The summed E-state index contributed by atoms with van der Waals surface area (Å²) in [7, 11) is 1.51. The molecule has 2 aromatic rings. The smallest absolute Gasteiger partial charge is 0.251 e. The number of carbonyl (C=O) groups is 1. The van der Waals surface area contributed by atoms with Gasteiger partial charge in [0.15, 0.2) is 0 Å². The number of ether oxygens (including phenoxy) is 1. The molecule has 0 aliphatic rings. The molecule has 7 nitrogen and oxygen atoms in total. The van der Waals surface area contributed by atoms with Crippen LogP contribution < -0.4 is 10.1 Å². The van der Waals surface area contributed by atoms with Gasteiger partial charge < -0.3 is 25.4 Å². The van der Waals surface area contributed by atoms with E-state index in [0.29, 0.717) is 22.4 Å². The van der Waals surface area contributed by atoms with Gasteiger partial charge in [0.2, 0.25) is 0 Å². The number of benzene rings is 1. The molecule has 0 aliphatic carbocycles. The van der Waals surface area contributed by atoms with Crippen LogP contribution in [0.1, 0.15) is 27.2 Å². The maximum absolute atomic E-state index is 12.2. The third kappa shape index (κ3) is 3.77. The van der Waals surface area contributed by atoms with E-state index in [1.807, 2.05) is 0 Å². The summed E-state index contributed by atoms with van der Waals surface area (Å²) in [5.74, 6) is -0.0254. The van der Waals surface area contributed by atoms with Gasteiger partial charge in [-0.2, -0.15) is 0 Å². The maximum Gasteiger partial charge on any atom is 0.251 e. The van der Waals surface area contributed by atoms with Crippen molar-refractivity contribution >= 4 is 5.91 Å². The van der Waals surface area contributed by atoms with Gasteiger partial charge in [-0.25, -0.2) is 0 Å². The quantitative estimate of drug-likeness (QED) is 0.624. The highest BCUT2D eigenvalue weighted by Crippen LogP contribution is 2.24. The molecule has 0 saturated heterocycles. The first kappa shape index (κ1) is 16.7. The molecule has 1 aromatic carbocycles. The van der Waals surface area contributed by atoms with Crippen molar-refractivity contribution in [3.63, 3.8) is 0 Å². The Bertz CT molecular complexity index is 703. The van der Waals surface area contributed by atoms with E-state index in [-0.39, 0.29) is 30.5 Å². The summed E-state index contributed by atoms with van der Waals surface area (Å²) in [4.78, 5) is 16.0. The Morgan fingerprint density at radius 2 is 2.09 bits per heavy atom. The van der Waals surface area contributed by atoms with E-state index in [0.717, 1.165) is 0 Å². The average molecular weight is 318 g/mol. The zero-order valence-corrected chi connectivity index (χ0v) is 12.6. The van der Waals surface area contributed by atoms with Crippen LogP contribution in [-0.4, -0.2) is 33.3 Å². The van der Waals surface area contributed by atoms with Crippen molar-refractivity contribution in [3.8, 4) is 11.5 Å². The van der Waals surface area contributed by atoms with E-state index in [4.69, 9.17) is 9.84 Å². The summed E-state index contributed by atoms with van der Waals surface area (Å²) in [5.41, 5.74) is 1.20. The van der Waals surface area contributed by atoms with Crippen molar-refractivity contribution in [3.05, 3.63) is 52.8 Å². The Labute approximate surface area is 133 Å². The topological polar surface area (TPSA) is 112 Å². The first-order valence-corrected chi connectivity index (χ1v) is 6.93. The lowest BCUT2D eigenvalue weighted by molar-refractivity contribution is 0.0950. The molecule has 122 valence electrons.